The lowest BCUT2D eigenvalue weighted by atomic mass is 10.0. The Morgan fingerprint density at radius 2 is 1.87 bits per heavy atom. The molecule has 0 radical (unpaired) electrons. The van der Waals surface area contributed by atoms with E-state index in [2.05, 4.69) is 0 Å². The van der Waals surface area contributed by atoms with Crippen molar-refractivity contribution in [1.82, 2.24) is 4.90 Å². The number of rotatable bonds is 6. The van der Waals surface area contributed by atoms with Crippen molar-refractivity contribution in [3.63, 3.8) is 0 Å². The summed E-state index contributed by atoms with van der Waals surface area (Å²) in [5, 5.41) is 8.86. The SMILES string of the molecule is CC(C)C[C@H](N)C(=O)N(CCO)C(C)C. The number of aliphatic hydroxyl groups excluding tert-OH is 1. The maximum atomic E-state index is 11.9. The molecule has 15 heavy (non-hydrogen) atoms. The van der Waals surface area contributed by atoms with Gasteiger partial charge in [-0.1, -0.05) is 13.8 Å². The van der Waals surface area contributed by atoms with Crippen LogP contribution in [0.5, 0.6) is 0 Å². The number of carbonyl (C=O) groups is 1. The second-order valence-corrected chi connectivity index (χ2v) is 4.59. The van der Waals surface area contributed by atoms with Gasteiger partial charge in [0.2, 0.25) is 5.91 Å². The van der Waals surface area contributed by atoms with E-state index in [1.165, 1.54) is 0 Å². The van der Waals surface area contributed by atoms with Crippen LogP contribution >= 0.6 is 0 Å². The Morgan fingerprint density at radius 3 is 2.20 bits per heavy atom. The van der Waals surface area contributed by atoms with Crippen molar-refractivity contribution in [3.8, 4) is 0 Å². The molecule has 90 valence electrons. The molecule has 1 atom stereocenters. The highest BCUT2D eigenvalue weighted by atomic mass is 16.3. The van der Waals surface area contributed by atoms with E-state index in [1.807, 2.05) is 27.7 Å². The molecule has 0 aliphatic carbocycles. The molecular formula is C11H24N2O2. The molecule has 0 bridgehead atoms. The van der Waals surface area contributed by atoms with E-state index in [0.717, 1.165) is 0 Å². The molecule has 0 aromatic carbocycles. The number of aliphatic hydroxyl groups is 1. The van der Waals surface area contributed by atoms with Gasteiger partial charge in [-0.25, -0.2) is 0 Å². The third kappa shape index (κ3) is 5.14. The fraction of sp³-hybridized carbons (Fsp3) is 0.909. The van der Waals surface area contributed by atoms with Crippen LogP contribution in [-0.2, 0) is 4.79 Å². The molecule has 4 nitrogen and oxygen atoms in total. The van der Waals surface area contributed by atoms with Crippen LogP contribution in [0, 0.1) is 5.92 Å². The van der Waals surface area contributed by atoms with Gasteiger partial charge < -0.3 is 15.7 Å². The molecule has 3 N–H and O–H groups in total. The van der Waals surface area contributed by atoms with E-state index in [1.54, 1.807) is 4.90 Å². The highest BCUT2D eigenvalue weighted by Crippen LogP contribution is 2.08. The largest absolute Gasteiger partial charge is 0.395 e. The number of amides is 1. The molecule has 0 saturated carbocycles. The van der Waals surface area contributed by atoms with Crippen LogP contribution in [0.2, 0.25) is 0 Å². The van der Waals surface area contributed by atoms with Crippen LogP contribution in [-0.4, -0.2) is 41.1 Å². The first-order valence-corrected chi connectivity index (χ1v) is 5.57. The summed E-state index contributed by atoms with van der Waals surface area (Å²) in [7, 11) is 0. The van der Waals surface area contributed by atoms with Crippen molar-refractivity contribution >= 4 is 5.91 Å². The highest BCUT2D eigenvalue weighted by Gasteiger charge is 2.23. The maximum absolute atomic E-state index is 11.9. The molecule has 0 spiro atoms. The highest BCUT2D eigenvalue weighted by molar-refractivity contribution is 5.81. The number of nitrogens with two attached hydrogens (primary N) is 1. The monoisotopic (exact) mass is 216 g/mol. The summed E-state index contributed by atoms with van der Waals surface area (Å²) in [6.07, 6.45) is 0.688. The quantitative estimate of drug-likeness (QED) is 0.683. The molecule has 0 fully saturated rings. The molecular weight excluding hydrogens is 192 g/mol. The van der Waals surface area contributed by atoms with Gasteiger partial charge in [-0.2, -0.15) is 0 Å². The first-order chi connectivity index (χ1) is 6.90. The maximum Gasteiger partial charge on any atom is 0.239 e. The van der Waals surface area contributed by atoms with E-state index in [4.69, 9.17) is 10.8 Å². The van der Waals surface area contributed by atoms with E-state index in [9.17, 15) is 4.79 Å². The van der Waals surface area contributed by atoms with Crippen LogP contribution in [0.4, 0.5) is 0 Å². The third-order valence-corrected chi connectivity index (χ3v) is 2.29. The van der Waals surface area contributed by atoms with Crippen molar-refractivity contribution in [2.24, 2.45) is 11.7 Å². The van der Waals surface area contributed by atoms with Crippen LogP contribution in [0.15, 0.2) is 0 Å². The van der Waals surface area contributed by atoms with Crippen molar-refractivity contribution in [3.05, 3.63) is 0 Å². The Hall–Kier alpha value is -0.610. The lowest BCUT2D eigenvalue weighted by molar-refractivity contribution is -0.135. The summed E-state index contributed by atoms with van der Waals surface area (Å²) >= 11 is 0. The zero-order valence-electron chi connectivity index (χ0n) is 10.2. The van der Waals surface area contributed by atoms with Gasteiger partial charge in [0.1, 0.15) is 0 Å². The Balaban J connectivity index is 4.35. The minimum atomic E-state index is -0.445. The van der Waals surface area contributed by atoms with E-state index < -0.39 is 6.04 Å². The standard InChI is InChI=1S/C11H24N2O2/c1-8(2)7-10(12)11(15)13(5-6-14)9(3)4/h8-10,14H,5-7,12H2,1-4H3/t10-/m0/s1. The molecule has 0 aliphatic heterocycles. The molecule has 0 rings (SSSR count). The molecule has 0 unspecified atom stereocenters. The molecule has 0 aromatic rings. The summed E-state index contributed by atoms with van der Waals surface area (Å²) < 4.78 is 0. The van der Waals surface area contributed by atoms with E-state index in [-0.39, 0.29) is 18.6 Å². The Labute approximate surface area is 92.4 Å². The minimum absolute atomic E-state index is 0.0156. The number of nitrogens with zero attached hydrogens (tertiary/aromatic N) is 1. The second kappa shape index (κ2) is 6.80. The molecule has 0 aliphatic rings. The van der Waals surface area contributed by atoms with E-state index >= 15 is 0 Å². The van der Waals surface area contributed by atoms with Crippen LogP contribution in [0.1, 0.15) is 34.1 Å². The zero-order chi connectivity index (χ0) is 12.0. The number of hydrogen-bond donors (Lipinski definition) is 2. The van der Waals surface area contributed by atoms with Crippen molar-refractivity contribution in [2.45, 2.75) is 46.2 Å². The number of hydrogen-bond acceptors (Lipinski definition) is 3. The van der Waals surface area contributed by atoms with Gasteiger partial charge >= 0.3 is 0 Å². The summed E-state index contributed by atoms with van der Waals surface area (Å²) in [6, 6.07) is -0.359. The first-order valence-electron chi connectivity index (χ1n) is 5.57. The number of carbonyl (C=O) groups excluding carboxylic acids is 1. The van der Waals surface area contributed by atoms with Crippen molar-refractivity contribution in [1.29, 1.82) is 0 Å². The lowest BCUT2D eigenvalue weighted by Gasteiger charge is -2.29. The summed E-state index contributed by atoms with van der Waals surface area (Å²) in [5.41, 5.74) is 5.81. The molecule has 0 saturated heterocycles. The predicted octanol–water partition coefficient (Wildman–Crippen LogP) is 0.589. The van der Waals surface area contributed by atoms with Crippen LogP contribution in [0.25, 0.3) is 0 Å². The van der Waals surface area contributed by atoms with Gasteiger partial charge in [-0.05, 0) is 26.2 Å². The smallest absolute Gasteiger partial charge is 0.239 e. The van der Waals surface area contributed by atoms with Gasteiger partial charge in [-0.15, -0.1) is 0 Å². The molecule has 1 amide bonds. The summed E-state index contributed by atoms with van der Waals surface area (Å²) in [5.74, 6) is 0.347. The zero-order valence-corrected chi connectivity index (χ0v) is 10.2. The predicted molar refractivity (Wildman–Crippen MR) is 61.4 cm³/mol. The third-order valence-electron chi connectivity index (χ3n) is 2.29. The average molecular weight is 216 g/mol. The molecule has 0 heterocycles. The Kier molecular flexibility index (Phi) is 6.52. The van der Waals surface area contributed by atoms with E-state index in [0.29, 0.717) is 18.9 Å². The Morgan fingerprint density at radius 1 is 1.33 bits per heavy atom. The van der Waals surface area contributed by atoms with Gasteiger partial charge in [-0.3, -0.25) is 4.79 Å². The fourth-order valence-electron chi connectivity index (χ4n) is 1.55. The van der Waals surface area contributed by atoms with Gasteiger partial charge in [0, 0.05) is 12.6 Å². The molecule has 0 aromatic heterocycles. The molecule has 4 heteroatoms. The van der Waals surface area contributed by atoms with Crippen LogP contribution < -0.4 is 5.73 Å². The average Bonchev–Trinajstić information content (AvgIpc) is 2.11. The first kappa shape index (κ1) is 14.4. The summed E-state index contributed by atoms with van der Waals surface area (Å²) in [6.45, 7) is 8.28. The van der Waals surface area contributed by atoms with Gasteiger partial charge in [0.25, 0.3) is 0 Å². The van der Waals surface area contributed by atoms with Crippen molar-refractivity contribution < 1.29 is 9.90 Å². The van der Waals surface area contributed by atoms with Gasteiger partial charge in [0.05, 0.1) is 12.6 Å². The summed E-state index contributed by atoms with van der Waals surface area (Å²) in [4.78, 5) is 13.5. The van der Waals surface area contributed by atoms with Gasteiger partial charge in [0.15, 0.2) is 0 Å². The lowest BCUT2D eigenvalue weighted by Crippen LogP contribution is -2.48. The normalized spacial score (nSPS) is 13.3. The minimum Gasteiger partial charge on any atom is -0.395 e. The van der Waals surface area contributed by atoms with Crippen molar-refractivity contribution in [2.75, 3.05) is 13.2 Å². The topological polar surface area (TPSA) is 66.6 Å². The Bertz CT molecular complexity index is 193. The second-order valence-electron chi connectivity index (χ2n) is 4.59. The fourth-order valence-corrected chi connectivity index (χ4v) is 1.55. The van der Waals surface area contributed by atoms with Crippen LogP contribution in [0.3, 0.4) is 0 Å².